The number of benzene rings is 2. The highest BCUT2D eigenvalue weighted by atomic mass is 16.4. The average molecular weight is 415 g/mol. The number of nitrogens with zero attached hydrogens (tertiary/aromatic N) is 4. The number of oxazole rings is 1. The molecule has 1 amide bonds. The third-order valence-electron chi connectivity index (χ3n) is 6.05. The van der Waals surface area contributed by atoms with Crippen molar-refractivity contribution in [3.05, 3.63) is 83.8 Å². The standard InChI is InChI=1S/C25H26N4O2/c1-18-27-22-11-5-6-12-23(22)29(18)17-24(30)28-13-7-10-20(16-28)25-26-15-21(31-25)14-19-8-3-2-4-9-19/h2-6,8-9,11-12,15,20H,7,10,13-14,16-17H2,1H3. The maximum Gasteiger partial charge on any atom is 0.242 e. The number of likely N-dealkylation sites (tertiary alicyclic amines) is 1. The number of piperidine rings is 1. The molecule has 6 nitrogen and oxygen atoms in total. The van der Waals surface area contributed by atoms with Crippen LogP contribution in [0, 0.1) is 6.92 Å². The summed E-state index contributed by atoms with van der Waals surface area (Å²) < 4.78 is 8.08. The Balaban J connectivity index is 1.27. The molecule has 1 aliphatic heterocycles. The Kier molecular flexibility index (Phi) is 5.28. The van der Waals surface area contributed by atoms with Gasteiger partial charge in [-0.3, -0.25) is 4.79 Å². The summed E-state index contributed by atoms with van der Waals surface area (Å²) in [7, 11) is 0. The number of carbonyl (C=O) groups excluding carboxylic acids is 1. The molecule has 3 heterocycles. The Hall–Kier alpha value is -3.41. The Morgan fingerprint density at radius 3 is 2.81 bits per heavy atom. The highest BCUT2D eigenvalue weighted by Crippen LogP contribution is 2.28. The van der Waals surface area contributed by atoms with Gasteiger partial charge in [0.25, 0.3) is 0 Å². The van der Waals surface area contributed by atoms with Gasteiger partial charge in [-0.15, -0.1) is 0 Å². The first-order chi connectivity index (χ1) is 15.2. The van der Waals surface area contributed by atoms with Gasteiger partial charge in [0.15, 0.2) is 5.89 Å². The third-order valence-corrected chi connectivity index (χ3v) is 6.05. The molecule has 1 atom stereocenters. The lowest BCUT2D eigenvalue weighted by Gasteiger charge is -2.31. The predicted octanol–water partition coefficient (Wildman–Crippen LogP) is 4.33. The first-order valence-electron chi connectivity index (χ1n) is 10.9. The fraction of sp³-hybridized carbons (Fsp3) is 0.320. The summed E-state index contributed by atoms with van der Waals surface area (Å²) in [4.78, 5) is 24.2. The fourth-order valence-corrected chi connectivity index (χ4v) is 4.43. The molecule has 158 valence electrons. The van der Waals surface area contributed by atoms with Crippen LogP contribution in [0.2, 0.25) is 0 Å². The molecule has 2 aromatic carbocycles. The van der Waals surface area contributed by atoms with Crippen LogP contribution in [-0.2, 0) is 17.8 Å². The van der Waals surface area contributed by atoms with Crippen molar-refractivity contribution in [1.29, 1.82) is 0 Å². The Morgan fingerprint density at radius 1 is 1.13 bits per heavy atom. The topological polar surface area (TPSA) is 64.2 Å². The number of rotatable bonds is 5. The van der Waals surface area contributed by atoms with E-state index in [9.17, 15) is 4.79 Å². The minimum absolute atomic E-state index is 0.118. The SMILES string of the molecule is Cc1nc2ccccc2n1CC(=O)N1CCCC(c2ncc(Cc3ccccc3)o2)C1. The van der Waals surface area contributed by atoms with E-state index in [2.05, 4.69) is 22.1 Å². The molecule has 4 aromatic rings. The summed E-state index contributed by atoms with van der Waals surface area (Å²) in [5.41, 5.74) is 3.13. The number of aromatic nitrogens is 3. The molecule has 0 bridgehead atoms. The molecule has 0 spiro atoms. The van der Waals surface area contributed by atoms with Crippen molar-refractivity contribution in [2.24, 2.45) is 0 Å². The van der Waals surface area contributed by atoms with Crippen molar-refractivity contribution in [2.75, 3.05) is 13.1 Å². The van der Waals surface area contributed by atoms with Crippen LogP contribution in [0.15, 0.2) is 65.2 Å². The van der Waals surface area contributed by atoms with Crippen LogP contribution in [0.3, 0.4) is 0 Å². The van der Waals surface area contributed by atoms with Crippen LogP contribution < -0.4 is 0 Å². The fourth-order valence-electron chi connectivity index (χ4n) is 4.43. The van der Waals surface area contributed by atoms with E-state index in [1.807, 2.05) is 65.1 Å². The quantitative estimate of drug-likeness (QED) is 0.488. The van der Waals surface area contributed by atoms with Crippen LogP contribution in [0.5, 0.6) is 0 Å². The Morgan fingerprint density at radius 2 is 1.94 bits per heavy atom. The largest absolute Gasteiger partial charge is 0.445 e. The van der Waals surface area contributed by atoms with Gasteiger partial charge in [0, 0.05) is 19.5 Å². The molecule has 0 N–H and O–H groups in total. The van der Waals surface area contributed by atoms with E-state index in [1.165, 1.54) is 5.56 Å². The van der Waals surface area contributed by atoms with Crippen molar-refractivity contribution in [3.8, 4) is 0 Å². The number of carbonyl (C=O) groups is 1. The van der Waals surface area contributed by atoms with Gasteiger partial charge in [-0.05, 0) is 37.5 Å². The summed E-state index contributed by atoms with van der Waals surface area (Å²) in [6.45, 7) is 3.69. The number of fused-ring (bicyclic) bond motifs is 1. The number of imidazole rings is 1. The van der Waals surface area contributed by atoms with Crippen LogP contribution in [0.1, 0.15) is 41.8 Å². The van der Waals surface area contributed by atoms with Crippen LogP contribution >= 0.6 is 0 Å². The van der Waals surface area contributed by atoms with E-state index < -0.39 is 0 Å². The maximum atomic E-state index is 13.1. The normalized spacial score (nSPS) is 16.7. The highest BCUT2D eigenvalue weighted by Gasteiger charge is 2.28. The van der Waals surface area contributed by atoms with Gasteiger partial charge in [0.05, 0.1) is 23.1 Å². The summed E-state index contributed by atoms with van der Waals surface area (Å²) in [6.07, 6.45) is 4.50. The van der Waals surface area contributed by atoms with Crippen LogP contribution in [0.25, 0.3) is 11.0 Å². The smallest absolute Gasteiger partial charge is 0.242 e. The lowest BCUT2D eigenvalue weighted by molar-refractivity contribution is -0.133. The number of aryl methyl sites for hydroxylation is 1. The van der Waals surface area contributed by atoms with Crippen molar-refractivity contribution in [3.63, 3.8) is 0 Å². The second-order valence-electron chi connectivity index (χ2n) is 8.24. The molecular weight excluding hydrogens is 388 g/mol. The van der Waals surface area contributed by atoms with E-state index in [4.69, 9.17) is 4.42 Å². The van der Waals surface area contributed by atoms with Gasteiger partial charge in [-0.25, -0.2) is 9.97 Å². The number of hydrogen-bond acceptors (Lipinski definition) is 4. The second-order valence-corrected chi connectivity index (χ2v) is 8.24. The zero-order chi connectivity index (χ0) is 21.2. The monoisotopic (exact) mass is 414 g/mol. The van der Waals surface area contributed by atoms with Gasteiger partial charge < -0.3 is 13.9 Å². The van der Waals surface area contributed by atoms with E-state index >= 15 is 0 Å². The average Bonchev–Trinajstić information content (AvgIpc) is 3.39. The van der Waals surface area contributed by atoms with Crippen molar-refractivity contribution >= 4 is 16.9 Å². The molecule has 5 rings (SSSR count). The van der Waals surface area contributed by atoms with E-state index in [1.54, 1.807) is 0 Å². The van der Waals surface area contributed by atoms with Crippen molar-refractivity contribution in [2.45, 2.75) is 38.6 Å². The number of hydrogen-bond donors (Lipinski definition) is 0. The minimum Gasteiger partial charge on any atom is -0.445 e. The number of amides is 1. The Labute approximate surface area is 181 Å². The van der Waals surface area contributed by atoms with Crippen molar-refractivity contribution < 1.29 is 9.21 Å². The summed E-state index contributed by atoms with van der Waals surface area (Å²) in [5, 5.41) is 0. The summed E-state index contributed by atoms with van der Waals surface area (Å²) in [5.74, 6) is 2.73. The molecule has 1 unspecified atom stereocenters. The van der Waals surface area contributed by atoms with Crippen LogP contribution in [-0.4, -0.2) is 38.4 Å². The second kappa shape index (κ2) is 8.38. The first-order valence-corrected chi connectivity index (χ1v) is 10.9. The first kappa shape index (κ1) is 19.5. The zero-order valence-corrected chi connectivity index (χ0v) is 17.7. The molecule has 2 aromatic heterocycles. The molecule has 1 saturated heterocycles. The molecule has 31 heavy (non-hydrogen) atoms. The van der Waals surface area contributed by atoms with E-state index in [0.717, 1.165) is 54.3 Å². The van der Waals surface area contributed by atoms with Crippen molar-refractivity contribution in [1.82, 2.24) is 19.4 Å². The zero-order valence-electron chi connectivity index (χ0n) is 17.7. The van der Waals surface area contributed by atoms with Gasteiger partial charge in [0.1, 0.15) is 18.1 Å². The Bertz CT molecular complexity index is 1190. The summed E-state index contributed by atoms with van der Waals surface area (Å²) >= 11 is 0. The maximum absolute atomic E-state index is 13.1. The molecule has 1 aliphatic rings. The molecule has 6 heteroatoms. The minimum atomic E-state index is 0.118. The number of para-hydroxylation sites is 2. The molecule has 0 saturated carbocycles. The highest BCUT2D eigenvalue weighted by molar-refractivity contribution is 5.81. The third kappa shape index (κ3) is 4.10. The van der Waals surface area contributed by atoms with Gasteiger partial charge in [-0.2, -0.15) is 0 Å². The molecular formula is C25H26N4O2. The van der Waals surface area contributed by atoms with Gasteiger partial charge in [0.2, 0.25) is 5.91 Å². The predicted molar refractivity (Wildman–Crippen MR) is 119 cm³/mol. The van der Waals surface area contributed by atoms with E-state index in [0.29, 0.717) is 13.1 Å². The lowest BCUT2D eigenvalue weighted by atomic mass is 9.98. The van der Waals surface area contributed by atoms with Gasteiger partial charge in [-0.1, -0.05) is 42.5 Å². The summed E-state index contributed by atoms with van der Waals surface area (Å²) in [6, 6.07) is 18.2. The molecule has 0 aliphatic carbocycles. The van der Waals surface area contributed by atoms with E-state index in [-0.39, 0.29) is 11.8 Å². The van der Waals surface area contributed by atoms with Gasteiger partial charge >= 0.3 is 0 Å². The molecule has 0 radical (unpaired) electrons. The molecule has 1 fully saturated rings. The lowest BCUT2D eigenvalue weighted by Crippen LogP contribution is -2.41. The van der Waals surface area contributed by atoms with Crippen LogP contribution in [0.4, 0.5) is 0 Å².